The minimum Gasteiger partial charge on any atom is -0.466 e. The molecule has 1 aromatic carbocycles. The second-order valence-corrected chi connectivity index (χ2v) is 5.40. The first-order valence-corrected chi connectivity index (χ1v) is 7.43. The number of anilines is 1. The molecule has 1 aliphatic carbocycles. The van der Waals surface area contributed by atoms with Crippen LogP contribution in [-0.4, -0.2) is 24.5 Å². The topological polar surface area (TPSA) is 81.4 Å². The summed E-state index contributed by atoms with van der Waals surface area (Å²) in [6.45, 7) is 2.24. The van der Waals surface area contributed by atoms with Gasteiger partial charge in [-0.25, -0.2) is 0 Å². The number of nitrogens with two attached hydrogens (primary N) is 1. The number of ether oxygens (including phenoxy) is 1. The molecule has 5 heteroatoms. The van der Waals surface area contributed by atoms with E-state index in [4.69, 9.17) is 10.5 Å². The summed E-state index contributed by atoms with van der Waals surface area (Å²) in [7, 11) is 0. The number of amides is 1. The van der Waals surface area contributed by atoms with E-state index in [1.807, 2.05) is 6.92 Å². The minimum atomic E-state index is -0.113. The fraction of sp³-hybridized carbons (Fsp3) is 0.500. The third-order valence-corrected chi connectivity index (χ3v) is 3.83. The first kappa shape index (κ1) is 15.4. The summed E-state index contributed by atoms with van der Waals surface area (Å²) in [5.74, 6) is -0.245. The van der Waals surface area contributed by atoms with Crippen LogP contribution in [-0.2, 0) is 9.53 Å². The largest absolute Gasteiger partial charge is 0.466 e. The van der Waals surface area contributed by atoms with Crippen molar-refractivity contribution in [1.29, 1.82) is 0 Å². The minimum absolute atomic E-state index is 0.0227. The molecular weight excluding hydrogens is 268 g/mol. The van der Waals surface area contributed by atoms with Crippen LogP contribution in [0.15, 0.2) is 24.3 Å². The molecule has 114 valence electrons. The van der Waals surface area contributed by atoms with E-state index >= 15 is 0 Å². The molecule has 0 radical (unpaired) electrons. The molecule has 0 unspecified atom stereocenters. The van der Waals surface area contributed by atoms with E-state index in [0.29, 0.717) is 17.9 Å². The number of benzene rings is 1. The third-order valence-electron chi connectivity index (χ3n) is 3.83. The molecule has 1 saturated carbocycles. The fourth-order valence-electron chi connectivity index (χ4n) is 2.68. The van der Waals surface area contributed by atoms with Gasteiger partial charge in [-0.2, -0.15) is 0 Å². The van der Waals surface area contributed by atoms with Gasteiger partial charge in [0.25, 0.3) is 5.91 Å². The highest BCUT2D eigenvalue weighted by Gasteiger charge is 2.28. The van der Waals surface area contributed by atoms with Gasteiger partial charge in [-0.15, -0.1) is 0 Å². The number of carbonyl (C=O) groups excluding carboxylic acids is 2. The highest BCUT2D eigenvalue weighted by Crippen LogP contribution is 2.25. The van der Waals surface area contributed by atoms with Crippen LogP contribution in [0, 0.1) is 5.92 Å². The summed E-state index contributed by atoms with van der Waals surface area (Å²) in [6, 6.07) is 7.04. The number of hydrogen-bond donors (Lipinski definition) is 2. The highest BCUT2D eigenvalue weighted by atomic mass is 16.5. The van der Waals surface area contributed by atoms with Crippen LogP contribution in [0.25, 0.3) is 0 Å². The van der Waals surface area contributed by atoms with Gasteiger partial charge in [0.2, 0.25) is 0 Å². The zero-order valence-electron chi connectivity index (χ0n) is 12.3. The van der Waals surface area contributed by atoms with Crippen molar-refractivity contribution < 1.29 is 14.3 Å². The molecule has 0 aromatic heterocycles. The van der Waals surface area contributed by atoms with E-state index < -0.39 is 0 Å². The third kappa shape index (κ3) is 4.21. The van der Waals surface area contributed by atoms with Gasteiger partial charge in [0, 0.05) is 17.3 Å². The van der Waals surface area contributed by atoms with Crippen molar-refractivity contribution in [2.45, 2.75) is 38.6 Å². The molecular formula is C16H22N2O3. The average molecular weight is 290 g/mol. The standard InChI is InChI=1S/C16H22N2O3/c1-2-21-16(20)11-6-8-14(9-7-11)18-15(19)12-4-3-5-13(17)10-12/h3-5,10-11,14H,2,6-9,17H2,1H3,(H,18,19). The smallest absolute Gasteiger partial charge is 0.308 e. The van der Waals surface area contributed by atoms with Gasteiger partial charge in [0.05, 0.1) is 12.5 Å². The first-order valence-electron chi connectivity index (χ1n) is 7.43. The van der Waals surface area contributed by atoms with Crippen molar-refractivity contribution in [3.63, 3.8) is 0 Å². The molecule has 0 atom stereocenters. The number of nitrogen functional groups attached to an aromatic ring is 1. The number of hydrogen-bond acceptors (Lipinski definition) is 4. The Balaban J connectivity index is 1.83. The Morgan fingerprint density at radius 2 is 2.00 bits per heavy atom. The molecule has 0 aliphatic heterocycles. The van der Waals surface area contributed by atoms with Gasteiger partial charge in [-0.05, 0) is 50.8 Å². The summed E-state index contributed by atoms with van der Waals surface area (Å²) in [5, 5.41) is 3.01. The molecule has 2 rings (SSSR count). The lowest BCUT2D eigenvalue weighted by Crippen LogP contribution is -2.39. The zero-order chi connectivity index (χ0) is 15.2. The monoisotopic (exact) mass is 290 g/mol. The van der Waals surface area contributed by atoms with Crippen molar-refractivity contribution in [2.75, 3.05) is 12.3 Å². The summed E-state index contributed by atoms with van der Waals surface area (Å²) in [4.78, 5) is 23.8. The Hall–Kier alpha value is -2.04. The quantitative estimate of drug-likeness (QED) is 0.657. The van der Waals surface area contributed by atoms with E-state index in [9.17, 15) is 9.59 Å². The average Bonchev–Trinajstić information content (AvgIpc) is 2.48. The summed E-state index contributed by atoms with van der Waals surface area (Å²) in [6.07, 6.45) is 3.14. The van der Waals surface area contributed by atoms with Crippen molar-refractivity contribution in [3.8, 4) is 0 Å². The molecule has 1 aromatic rings. The van der Waals surface area contributed by atoms with Gasteiger partial charge < -0.3 is 15.8 Å². The lowest BCUT2D eigenvalue weighted by molar-refractivity contribution is -0.149. The Kier molecular flexibility index (Phi) is 5.20. The van der Waals surface area contributed by atoms with Crippen molar-refractivity contribution in [1.82, 2.24) is 5.32 Å². The first-order chi connectivity index (χ1) is 10.1. The fourth-order valence-corrected chi connectivity index (χ4v) is 2.68. The number of carbonyl (C=O) groups is 2. The highest BCUT2D eigenvalue weighted by molar-refractivity contribution is 5.95. The molecule has 5 nitrogen and oxygen atoms in total. The normalized spacial score (nSPS) is 21.6. The Morgan fingerprint density at radius 1 is 1.29 bits per heavy atom. The molecule has 0 bridgehead atoms. The van der Waals surface area contributed by atoms with E-state index in [1.54, 1.807) is 24.3 Å². The number of nitrogens with one attached hydrogen (secondary N) is 1. The van der Waals surface area contributed by atoms with Gasteiger partial charge in [-0.3, -0.25) is 9.59 Å². The maximum absolute atomic E-state index is 12.1. The maximum atomic E-state index is 12.1. The van der Waals surface area contributed by atoms with Gasteiger partial charge in [0.15, 0.2) is 0 Å². The summed E-state index contributed by atoms with van der Waals surface area (Å²) < 4.78 is 5.04. The van der Waals surface area contributed by atoms with Crippen LogP contribution in [0.2, 0.25) is 0 Å². The van der Waals surface area contributed by atoms with Crippen molar-refractivity contribution >= 4 is 17.6 Å². The lowest BCUT2D eigenvalue weighted by atomic mass is 9.86. The van der Waals surface area contributed by atoms with Crippen LogP contribution >= 0.6 is 0 Å². The van der Waals surface area contributed by atoms with Crippen molar-refractivity contribution in [2.24, 2.45) is 5.92 Å². The van der Waals surface area contributed by atoms with E-state index in [1.165, 1.54) is 0 Å². The molecule has 0 spiro atoms. The van der Waals surface area contributed by atoms with Gasteiger partial charge in [-0.1, -0.05) is 6.07 Å². The summed E-state index contributed by atoms with van der Waals surface area (Å²) >= 11 is 0. The van der Waals surface area contributed by atoms with E-state index in [-0.39, 0.29) is 23.8 Å². The SMILES string of the molecule is CCOC(=O)C1CCC(NC(=O)c2cccc(N)c2)CC1. The molecule has 0 heterocycles. The van der Waals surface area contributed by atoms with Crippen LogP contribution in [0.3, 0.4) is 0 Å². The van der Waals surface area contributed by atoms with Gasteiger partial charge in [0.1, 0.15) is 0 Å². The summed E-state index contributed by atoms with van der Waals surface area (Å²) in [5.41, 5.74) is 6.83. The Morgan fingerprint density at radius 3 is 2.62 bits per heavy atom. The lowest BCUT2D eigenvalue weighted by Gasteiger charge is -2.27. The number of rotatable bonds is 4. The molecule has 1 aliphatic rings. The Labute approximate surface area is 124 Å². The van der Waals surface area contributed by atoms with Gasteiger partial charge >= 0.3 is 5.97 Å². The second-order valence-electron chi connectivity index (χ2n) is 5.40. The molecule has 0 saturated heterocycles. The molecule has 3 N–H and O–H groups in total. The van der Waals surface area contributed by atoms with Crippen molar-refractivity contribution in [3.05, 3.63) is 29.8 Å². The van der Waals surface area contributed by atoms with Crippen LogP contribution in [0.4, 0.5) is 5.69 Å². The maximum Gasteiger partial charge on any atom is 0.308 e. The van der Waals surface area contributed by atoms with Crippen LogP contribution in [0.5, 0.6) is 0 Å². The number of esters is 1. The Bertz CT molecular complexity index is 508. The van der Waals surface area contributed by atoms with E-state index in [2.05, 4.69) is 5.32 Å². The van der Waals surface area contributed by atoms with E-state index in [0.717, 1.165) is 25.7 Å². The predicted octanol–water partition coefficient (Wildman–Crippen LogP) is 2.12. The van der Waals surface area contributed by atoms with Crippen LogP contribution < -0.4 is 11.1 Å². The molecule has 21 heavy (non-hydrogen) atoms. The predicted molar refractivity (Wildman–Crippen MR) is 80.7 cm³/mol. The molecule has 1 amide bonds. The molecule has 1 fully saturated rings. The second kappa shape index (κ2) is 7.11. The zero-order valence-corrected chi connectivity index (χ0v) is 12.3. The van der Waals surface area contributed by atoms with Crippen LogP contribution in [0.1, 0.15) is 43.0 Å².